The van der Waals surface area contributed by atoms with Gasteiger partial charge in [-0.15, -0.1) is 29.3 Å². The third-order valence-electron chi connectivity index (χ3n) is 6.03. The van der Waals surface area contributed by atoms with Crippen LogP contribution in [0.25, 0.3) is 32.0 Å². The Morgan fingerprint density at radius 1 is 0.763 bits per heavy atom. The van der Waals surface area contributed by atoms with Gasteiger partial charge in [0.2, 0.25) is 0 Å². The molecule has 2 aromatic carbocycles. The maximum atomic E-state index is 6.32. The molecule has 0 fully saturated rings. The Kier molecular flexibility index (Phi) is 8.64. The van der Waals surface area contributed by atoms with Crippen molar-refractivity contribution < 1.29 is 18.9 Å². The second kappa shape index (κ2) is 12.7. The van der Waals surface area contributed by atoms with E-state index >= 15 is 0 Å². The van der Waals surface area contributed by atoms with Crippen LogP contribution in [0.3, 0.4) is 0 Å². The molecule has 3 heterocycles. The molecular formula is C32H30O4S2. The molecule has 1 aliphatic heterocycles. The summed E-state index contributed by atoms with van der Waals surface area (Å²) in [6, 6.07) is 16.3. The van der Waals surface area contributed by atoms with Crippen molar-refractivity contribution in [3.63, 3.8) is 0 Å². The fourth-order valence-electron chi connectivity index (χ4n) is 4.36. The molecule has 5 rings (SSSR count). The van der Waals surface area contributed by atoms with Gasteiger partial charge in [-0.1, -0.05) is 43.0 Å². The molecule has 0 radical (unpaired) electrons. The topological polar surface area (TPSA) is 36.9 Å². The van der Waals surface area contributed by atoms with Gasteiger partial charge in [-0.05, 0) is 60.0 Å². The Morgan fingerprint density at radius 2 is 1.42 bits per heavy atom. The first-order chi connectivity index (χ1) is 18.8. The number of hydrogen-bond acceptors (Lipinski definition) is 6. The molecule has 4 aromatic rings. The second-order valence-corrected chi connectivity index (χ2v) is 10.4. The monoisotopic (exact) mass is 542 g/mol. The molecule has 6 heteroatoms. The van der Waals surface area contributed by atoms with Crippen molar-refractivity contribution in [2.75, 3.05) is 26.4 Å². The lowest BCUT2D eigenvalue weighted by molar-refractivity contribution is 0.311. The normalized spacial score (nSPS) is 12.7. The van der Waals surface area contributed by atoms with Gasteiger partial charge in [0.25, 0.3) is 0 Å². The summed E-state index contributed by atoms with van der Waals surface area (Å²) in [7, 11) is 0. The van der Waals surface area contributed by atoms with Crippen molar-refractivity contribution in [3.8, 4) is 55.0 Å². The molecule has 0 aliphatic carbocycles. The van der Waals surface area contributed by atoms with E-state index in [2.05, 4.69) is 42.1 Å². The minimum Gasteiger partial charge on any atom is -0.492 e. The van der Waals surface area contributed by atoms with Crippen LogP contribution in [0, 0.1) is 0 Å². The molecule has 0 atom stereocenters. The summed E-state index contributed by atoms with van der Waals surface area (Å²) in [5.74, 6) is 3.18. The van der Waals surface area contributed by atoms with Crippen LogP contribution < -0.4 is 18.9 Å². The standard InChI is InChI=1S/C32H30O4S2/c1-3-5-18-34-26-12-10-14-28-30(26)24-16-22-38-32(24)31-23(15-21-37-31)29-25(33-17-4-2)11-9-13-27(29)35-19-7-6-8-20-36-28/h3-4,6-7,9-16,21-22H,1-2,5,8,17-20H2. The molecule has 194 valence electrons. The number of ether oxygens (including phenoxy) is 4. The lowest BCUT2D eigenvalue weighted by Gasteiger charge is -2.18. The van der Waals surface area contributed by atoms with Gasteiger partial charge in [0.1, 0.15) is 36.2 Å². The summed E-state index contributed by atoms with van der Waals surface area (Å²) in [5, 5.41) is 4.25. The van der Waals surface area contributed by atoms with E-state index in [0.29, 0.717) is 26.4 Å². The average Bonchev–Trinajstić information content (AvgIpc) is 3.60. The van der Waals surface area contributed by atoms with Crippen LogP contribution in [-0.4, -0.2) is 26.4 Å². The first kappa shape index (κ1) is 25.9. The minimum absolute atomic E-state index is 0.413. The third kappa shape index (κ3) is 5.57. The highest BCUT2D eigenvalue weighted by Crippen LogP contribution is 2.52. The first-order valence-corrected chi connectivity index (χ1v) is 14.4. The Bertz CT molecular complexity index is 1430. The van der Waals surface area contributed by atoms with Gasteiger partial charge >= 0.3 is 0 Å². The SMILES string of the molecule is C=CCCOc1cccc2c1-c1ccsc1-c1sccc1-c1c(OCC=C)cccc1OCC=CCCO2. The Hall–Kier alpha value is -3.74. The van der Waals surface area contributed by atoms with Crippen molar-refractivity contribution in [1.29, 1.82) is 0 Å². The fraction of sp³-hybridized carbons (Fsp3) is 0.188. The van der Waals surface area contributed by atoms with Gasteiger partial charge in [0.15, 0.2) is 0 Å². The molecule has 0 saturated heterocycles. The number of hydrogen-bond donors (Lipinski definition) is 0. The number of rotatable bonds is 7. The molecule has 1 aliphatic rings. The van der Waals surface area contributed by atoms with E-state index < -0.39 is 0 Å². The molecule has 0 saturated carbocycles. The van der Waals surface area contributed by atoms with E-state index in [0.717, 1.165) is 67.8 Å². The molecule has 0 N–H and O–H groups in total. The highest BCUT2D eigenvalue weighted by molar-refractivity contribution is 7.21. The zero-order valence-corrected chi connectivity index (χ0v) is 22.8. The molecule has 2 aromatic heterocycles. The van der Waals surface area contributed by atoms with E-state index in [1.165, 1.54) is 0 Å². The number of fused-ring (bicyclic) bond motifs is 7. The van der Waals surface area contributed by atoms with Crippen LogP contribution in [-0.2, 0) is 0 Å². The smallest absolute Gasteiger partial charge is 0.131 e. The summed E-state index contributed by atoms with van der Waals surface area (Å²) in [6.07, 6.45) is 9.28. The van der Waals surface area contributed by atoms with Crippen LogP contribution in [0.15, 0.2) is 96.8 Å². The van der Waals surface area contributed by atoms with Gasteiger partial charge in [-0.2, -0.15) is 0 Å². The van der Waals surface area contributed by atoms with Crippen LogP contribution >= 0.6 is 22.7 Å². The summed E-state index contributed by atoms with van der Waals surface area (Å²) >= 11 is 3.41. The van der Waals surface area contributed by atoms with Crippen LogP contribution in [0.1, 0.15) is 12.8 Å². The largest absolute Gasteiger partial charge is 0.492 e. The minimum atomic E-state index is 0.413. The predicted molar refractivity (Wildman–Crippen MR) is 159 cm³/mol. The molecular weight excluding hydrogens is 512 g/mol. The van der Waals surface area contributed by atoms with Crippen molar-refractivity contribution in [3.05, 3.63) is 96.8 Å². The lowest BCUT2D eigenvalue weighted by Crippen LogP contribution is -2.02. The van der Waals surface area contributed by atoms with Gasteiger partial charge in [-0.3, -0.25) is 0 Å². The second-order valence-electron chi connectivity index (χ2n) is 8.53. The number of thiophene rings is 2. The van der Waals surface area contributed by atoms with Crippen molar-refractivity contribution >= 4 is 22.7 Å². The Labute approximate surface area is 232 Å². The summed E-state index contributed by atoms with van der Waals surface area (Å²) < 4.78 is 24.9. The van der Waals surface area contributed by atoms with Crippen LogP contribution in [0.2, 0.25) is 0 Å². The van der Waals surface area contributed by atoms with Gasteiger partial charge in [0, 0.05) is 11.1 Å². The van der Waals surface area contributed by atoms with Gasteiger partial charge in [-0.25, -0.2) is 0 Å². The summed E-state index contributed by atoms with van der Waals surface area (Å²) in [4.78, 5) is 2.30. The zero-order valence-electron chi connectivity index (χ0n) is 21.2. The fourth-order valence-corrected chi connectivity index (χ4v) is 6.36. The average molecular weight is 543 g/mol. The van der Waals surface area contributed by atoms with Gasteiger partial charge < -0.3 is 18.9 Å². The molecule has 0 unspecified atom stereocenters. The van der Waals surface area contributed by atoms with Crippen LogP contribution in [0.4, 0.5) is 0 Å². The predicted octanol–water partition coefficient (Wildman–Crippen LogP) is 9.05. The highest BCUT2D eigenvalue weighted by Gasteiger charge is 2.24. The van der Waals surface area contributed by atoms with Crippen molar-refractivity contribution in [2.24, 2.45) is 0 Å². The van der Waals surface area contributed by atoms with Crippen LogP contribution in [0.5, 0.6) is 23.0 Å². The highest BCUT2D eigenvalue weighted by atomic mass is 32.1. The summed E-state index contributed by atoms with van der Waals surface area (Å²) in [6.45, 7) is 9.63. The molecule has 4 nitrogen and oxygen atoms in total. The van der Waals surface area contributed by atoms with Crippen molar-refractivity contribution in [1.82, 2.24) is 0 Å². The van der Waals surface area contributed by atoms with Crippen molar-refractivity contribution in [2.45, 2.75) is 12.8 Å². The van der Waals surface area contributed by atoms with E-state index in [1.54, 1.807) is 28.7 Å². The molecule has 38 heavy (non-hydrogen) atoms. The quantitative estimate of drug-likeness (QED) is 0.172. The Morgan fingerprint density at radius 3 is 2.08 bits per heavy atom. The third-order valence-corrected chi connectivity index (χ3v) is 8.02. The molecule has 0 bridgehead atoms. The van der Waals surface area contributed by atoms with E-state index in [1.807, 2.05) is 48.6 Å². The molecule has 0 spiro atoms. The van der Waals surface area contributed by atoms with E-state index in [-0.39, 0.29) is 0 Å². The van der Waals surface area contributed by atoms with E-state index in [9.17, 15) is 0 Å². The summed E-state index contributed by atoms with van der Waals surface area (Å²) in [5.41, 5.74) is 4.07. The zero-order chi connectivity index (χ0) is 26.2. The lowest BCUT2D eigenvalue weighted by atomic mass is 9.99. The van der Waals surface area contributed by atoms with E-state index in [4.69, 9.17) is 18.9 Å². The number of benzene rings is 2. The maximum Gasteiger partial charge on any atom is 0.131 e. The Balaban J connectivity index is 1.70. The first-order valence-electron chi connectivity index (χ1n) is 12.6. The maximum absolute atomic E-state index is 6.32. The molecule has 0 amide bonds. The van der Waals surface area contributed by atoms with Gasteiger partial charge in [0.05, 0.1) is 34.1 Å².